The number of hydrogen-bond acceptors (Lipinski definition) is 8. The third-order valence-electron chi connectivity index (χ3n) is 7.52. The van der Waals surface area contributed by atoms with Gasteiger partial charge in [0.15, 0.2) is 0 Å². The summed E-state index contributed by atoms with van der Waals surface area (Å²) in [6.45, 7) is 9.91. The molecule has 38 heavy (non-hydrogen) atoms. The normalized spacial score (nSPS) is 18.3. The highest BCUT2D eigenvalue weighted by atomic mass is 32.2. The summed E-state index contributed by atoms with van der Waals surface area (Å²) in [5, 5.41) is 9.74. The Morgan fingerprint density at radius 3 is 2.53 bits per heavy atom. The smallest absolute Gasteiger partial charge is 0.309 e. The van der Waals surface area contributed by atoms with E-state index < -0.39 is 0 Å². The van der Waals surface area contributed by atoms with Gasteiger partial charge in [-0.2, -0.15) is 5.26 Å². The topological polar surface area (TPSA) is 95.6 Å². The van der Waals surface area contributed by atoms with Crippen molar-refractivity contribution >= 4 is 52.1 Å². The van der Waals surface area contributed by atoms with Gasteiger partial charge in [0.1, 0.15) is 21.8 Å². The summed E-state index contributed by atoms with van der Waals surface area (Å²) in [6, 6.07) is 2.05. The number of anilines is 1. The molecule has 206 valence electrons. The van der Waals surface area contributed by atoms with Crippen molar-refractivity contribution in [1.29, 1.82) is 5.26 Å². The number of nitrogens with zero attached hydrogens (tertiary/aromatic N) is 4. The number of esters is 1. The van der Waals surface area contributed by atoms with E-state index in [1.165, 1.54) is 16.3 Å². The van der Waals surface area contributed by atoms with E-state index >= 15 is 0 Å². The number of hydrogen-bond donors (Lipinski definition) is 0. The van der Waals surface area contributed by atoms with Crippen LogP contribution in [0, 0.1) is 30.1 Å². The van der Waals surface area contributed by atoms with Gasteiger partial charge in [-0.15, -0.1) is 0 Å². The van der Waals surface area contributed by atoms with Gasteiger partial charge in [0.2, 0.25) is 0 Å². The van der Waals surface area contributed by atoms with Crippen LogP contribution in [0.25, 0.3) is 6.08 Å². The Labute approximate surface area is 235 Å². The summed E-state index contributed by atoms with van der Waals surface area (Å²) in [4.78, 5) is 43.0. The fourth-order valence-electron chi connectivity index (χ4n) is 5.15. The van der Waals surface area contributed by atoms with Crippen LogP contribution in [0.5, 0.6) is 0 Å². The van der Waals surface area contributed by atoms with Crippen molar-refractivity contribution < 1.29 is 14.3 Å². The van der Waals surface area contributed by atoms with Crippen LogP contribution in [0.4, 0.5) is 5.82 Å². The molecule has 1 unspecified atom stereocenters. The predicted molar refractivity (Wildman–Crippen MR) is 156 cm³/mol. The van der Waals surface area contributed by atoms with E-state index in [0.717, 1.165) is 25.7 Å². The summed E-state index contributed by atoms with van der Waals surface area (Å²) in [5.74, 6) is 0.534. The molecule has 10 heteroatoms. The van der Waals surface area contributed by atoms with Gasteiger partial charge in [0.25, 0.3) is 11.5 Å². The first kappa shape index (κ1) is 29.9. The van der Waals surface area contributed by atoms with Crippen molar-refractivity contribution in [2.75, 3.05) is 31.1 Å². The zero-order chi connectivity index (χ0) is 28.0. The Hall–Kier alpha value is -2.64. The van der Waals surface area contributed by atoms with Crippen LogP contribution < -0.4 is 10.5 Å². The lowest BCUT2D eigenvalue weighted by atomic mass is 9.95. The quantitative estimate of drug-likeness (QED) is 0.230. The number of unbranched alkanes of at least 4 members (excludes halogenated alkanes) is 1. The molecule has 0 aromatic carbocycles. The second-order valence-electron chi connectivity index (χ2n) is 9.94. The van der Waals surface area contributed by atoms with E-state index in [-0.39, 0.29) is 28.9 Å². The van der Waals surface area contributed by atoms with Gasteiger partial charge in [-0.1, -0.05) is 57.1 Å². The van der Waals surface area contributed by atoms with Crippen molar-refractivity contribution in [2.45, 2.75) is 66.2 Å². The monoisotopic (exact) mass is 558 g/mol. The van der Waals surface area contributed by atoms with Crippen molar-refractivity contribution in [3.05, 3.63) is 31.9 Å². The van der Waals surface area contributed by atoms with Gasteiger partial charge in [0, 0.05) is 32.2 Å². The molecular formula is C28H38N4O4S2. The lowest BCUT2D eigenvalue weighted by Gasteiger charge is -2.35. The van der Waals surface area contributed by atoms with Crippen LogP contribution in [-0.4, -0.2) is 51.9 Å². The number of aromatic nitrogens is 1. The van der Waals surface area contributed by atoms with Gasteiger partial charge in [-0.05, 0) is 50.7 Å². The minimum atomic E-state index is -0.376. The molecule has 1 aromatic rings. The first-order valence-corrected chi connectivity index (χ1v) is 14.7. The number of ether oxygens (including phenoxy) is 1. The van der Waals surface area contributed by atoms with Gasteiger partial charge < -0.3 is 9.64 Å². The molecule has 1 aromatic heterocycles. The molecule has 3 heterocycles. The van der Waals surface area contributed by atoms with Crippen molar-refractivity contribution in [2.24, 2.45) is 18.9 Å². The zero-order valence-electron chi connectivity index (χ0n) is 23.0. The van der Waals surface area contributed by atoms with Crippen LogP contribution in [0.3, 0.4) is 0 Å². The Morgan fingerprint density at radius 2 is 1.95 bits per heavy atom. The van der Waals surface area contributed by atoms with E-state index in [2.05, 4.69) is 18.7 Å². The van der Waals surface area contributed by atoms with Crippen molar-refractivity contribution in [3.63, 3.8) is 0 Å². The average Bonchev–Trinajstić information content (AvgIpc) is 3.17. The first-order chi connectivity index (χ1) is 18.2. The zero-order valence-corrected chi connectivity index (χ0v) is 24.7. The summed E-state index contributed by atoms with van der Waals surface area (Å²) >= 11 is 6.87. The second kappa shape index (κ2) is 13.4. The SMILES string of the molecule is CCCCC(CC)CN1C(=O)/C(=C/c2c(C)c(C#N)c(=O)n(C)c2N2CCC(C(=O)OCC)CC2)SC1=S. The van der Waals surface area contributed by atoms with E-state index in [1.54, 1.807) is 31.9 Å². The summed E-state index contributed by atoms with van der Waals surface area (Å²) in [7, 11) is 1.65. The Bertz CT molecular complexity index is 1210. The Balaban J connectivity index is 1.98. The highest BCUT2D eigenvalue weighted by molar-refractivity contribution is 8.26. The molecule has 0 N–H and O–H groups in total. The number of thiocarbonyl (C=S) groups is 1. The van der Waals surface area contributed by atoms with Gasteiger partial charge >= 0.3 is 5.97 Å². The fraction of sp³-hybridized carbons (Fsp3) is 0.607. The summed E-state index contributed by atoms with van der Waals surface area (Å²) in [5.41, 5.74) is 0.887. The van der Waals surface area contributed by atoms with E-state index in [4.69, 9.17) is 17.0 Å². The van der Waals surface area contributed by atoms with E-state index in [1.807, 2.05) is 6.07 Å². The maximum atomic E-state index is 13.5. The van der Waals surface area contributed by atoms with Crippen LogP contribution >= 0.6 is 24.0 Å². The van der Waals surface area contributed by atoms with Crippen LogP contribution in [0.1, 0.15) is 76.0 Å². The molecule has 0 spiro atoms. The molecule has 0 bridgehead atoms. The number of amides is 1. The third kappa shape index (κ3) is 6.32. The molecule has 0 saturated carbocycles. The van der Waals surface area contributed by atoms with E-state index in [0.29, 0.717) is 71.2 Å². The molecule has 3 rings (SSSR count). The standard InChI is InChI=1S/C28H38N4O4S2/c1-6-9-10-19(7-2)17-32-26(34)23(38-28(32)37)15-21-18(4)22(16-29)25(33)30(5)24(21)31-13-11-20(12-14-31)27(35)36-8-3/h15,19-20H,6-14,17H2,1-5H3/b23-15-. The van der Waals surface area contributed by atoms with Gasteiger partial charge in [-0.3, -0.25) is 23.9 Å². The molecule has 1 atom stereocenters. The molecule has 0 aliphatic carbocycles. The number of carbonyl (C=O) groups excluding carboxylic acids is 2. The minimum Gasteiger partial charge on any atom is -0.466 e. The van der Waals surface area contributed by atoms with Crippen molar-refractivity contribution in [1.82, 2.24) is 9.47 Å². The third-order valence-corrected chi connectivity index (χ3v) is 8.89. The first-order valence-electron chi connectivity index (χ1n) is 13.5. The largest absolute Gasteiger partial charge is 0.466 e. The summed E-state index contributed by atoms with van der Waals surface area (Å²) < 4.78 is 7.23. The van der Waals surface area contributed by atoms with Gasteiger partial charge in [-0.25, -0.2) is 0 Å². The number of pyridine rings is 1. The maximum Gasteiger partial charge on any atom is 0.309 e. The predicted octanol–water partition coefficient (Wildman–Crippen LogP) is 4.76. The molecule has 1 amide bonds. The molecular weight excluding hydrogens is 520 g/mol. The number of carbonyl (C=O) groups is 2. The maximum absolute atomic E-state index is 13.5. The highest BCUT2D eigenvalue weighted by Crippen LogP contribution is 2.37. The minimum absolute atomic E-state index is 0.0602. The molecule has 0 radical (unpaired) electrons. The van der Waals surface area contributed by atoms with E-state index in [9.17, 15) is 19.6 Å². The second-order valence-corrected chi connectivity index (χ2v) is 11.6. The summed E-state index contributed by atoms with van der Waals surface area (Å²) in [6.07, 6.45) is 7.26. The lowest BCUT2D eigenvalue weighted by molar-refractivity contribution is -0.148. The van der Waals surface area contributed by atoms with Crippen molar-refractivity contribution in [3.8, 4) is 6.07 Å². The average molecular weight is 559 g/mol. The molecule has 2 fully saturated rings. The van der Waals surface area contributed by atoms with Gasteiger partial charge in [0.05, 0.1) is 17.4 Å². The number of thioether (sulfide) groups is 1. The fourth-order valence-corrected chi connectivity index (χ4v) is 6.40. The molecule has 2 aliphatic heterocycles. The lowest BCUT2D eigenvalue weighted by Crippen LogP contribution is -2.40. The number of rotatable bonds is 10. The highest BCUT2D eigenvalue weighted by Gasteiger charge is 2.35. The Morgan fingerprint density at radius 1 is 1.26 bits per heavy atom. The molecule has 2 aliphatic rings. The van der Waals surface area contributed by atoms with Crippen LogP contribution in [-0.2, 0) is 21.4 Å². The Kier molecular flexibility index (Phi) is 10.6. The van der Waals surface area contributed by atoms with Crippen LogP contribution in [0.15, 0.2) is 9.70 Å². The molecule has 8 nitrogen and oxygen atoms in total. The molecule has 2 saturated heterocycles. The number of nitriles is 1. The number of piperidine rings is 1. The van der Waals surface area contributed by atoms with Crippen LogP contribution in [0.2, 0.25) is 0 Å².